The van der Waals surface area contributed by atoms with E-state index in [1.165, 1.54) is 9.79 Å². The number of hydrogen-bond acceptors (Lipinski definition) is 5. The Labute approximate surface area is 191 Å². The average molecular weight is 446 g/mol. The summed E-state index contributed by atoms with van der Waals surface area (Å²) in [4.78, 5) is 31.9. The van der Waals surface area contributed by atoms with Gasteiger partial charge in [-0.1, -0.05) is 48.2 Å². The van der Waals surface area contributed by atoms with E-state index in [1.807, 2.05) is 42.5 Å². The number of ether oxygens (including phenoxy) is 1. The fourth-order valence-electron chi connectivity index (χ4n) is 4.13. The minimum absolute atomic E-state index is 0.0390. The van der Waals surface area contributed by atoms with Crippen LogP contribution in [0.5, 0.6) is 5.75 Å². The Bertz CT molecular complexity index is 1140. The first-order valence-corrected chi connectivity index (χ1v) is 11.4. The van der Waals surface area contributed by atoms with Crippen LogP contribution in [0.2, 0.25) is 0 Å². The lowest BCUT2D eigenvalue weighted by Crippen LogP contribution is -2.50. The summed E-state index contributed by atoms with van der Waals surface area (Å²) >= 11 is 1.75. The second kappa shape index (κ2) is 8.59. The largest absolute Gasteiger partial charge is 0.477 e. The number of anilines is 3. The van der Waals surface area contributed by atoms with Gasteiger partial charge in [-0.3, -0.25) is 9.59 Å². The maximum Gasteiger partial charge on any atom is 0.262 e. The molecule has 0 aliphatic carbocycles. The molecule has 6 nitrogen and oxygen atoms in total. The molecule has 7 heteroatoms. The van der Waals surface area contributed by atoms with Crippen LogP contribution >= 0.6 is 11.8 Å². The van der Waals surface area contributed by atoms with E-state index in [-0.39, 0.29) is 18.4 Å². The number of carbonyl (C=O) groups is 2. The Balaban J connectivity index is 1.40. The van der Waals surface area contributed by atoms with Crippen LogP contribution in [-0.2, 0) is 9.59 Å². The summed E-state index contributed by atoms with van der Waals surface area (Å²) in [6.07, 6.45) is -0.422. The summed E-state index contributed by atoms with van der Waals surface area (Å²) in [5.74, 6) is 0.266. The summed E-state index contributed by atoms with van der Waals surface area (Å²) in [7, 11) is 1.57. The summed E-state index contributed by atoms with van der Waals surface area (Å²) in [6.45, 7) is 0.732. The molecule has 2 heterocycles. The first-order chi connectivity index (χ1) is 15.7. The SMILES string of the molecule is CNC(=O)C1CN(C(=O)CCN2c3ccccc3Sc3ccccc32)c2ccccc2O1. The van der Waals surface area contributed by atoms with Crippen molar-refractivity contribution in [3.63, 3.8) is 0 Å². The molecule has 0 aromatic heterocycles. The lowest BCUT2D eigenvalue weighted by atomic mass is 10.1. The number of nitrogens with one attached hydrogen (secondary N) is 1. The number of carbonyl (C=O) groups excluding carboxylic acids is 2. The molecule has 0 fully saturated rings. The summed E-state index contributed by atoms with van der Waals surface area (Å²) in [6, 6.07) is 23.9. The molecule has 0 spiro atoms. The highest BCUT2D eigenvalue weighted by molar-refractivity contribution is 7.99. The van der Waals surface area contributed by atoms with Crippen LogP contribution in [0.15, 0.2) is 82.6 Å². The quantitative estimate of drug-likeness (QED) is 0.652. The lowest BCUT2D eigenvalue weighted by Gasteiger charge is -2.36. The van der Waals surface area contributed by atoms with Gasteiger partial charge in [0.2, 0.25) is 5.91 Å². The zero-order chi connectivity index (χ0) is 22.1. The zero-order valence-electron chi connectivity index (χ0n) is 17.7. The van der Waals surface area contributed by atoms with E-state index in [2.05, 4.69) is 34.5 Å². The number of para-hydroxylation sites is 4. The molecule has 32 heavy (non-hydrogen) atoms. The van der Waals surface area contributed by atoms with Crippen molar-refractivity contribution < 1.29 is 14.3 Å². The van der Waals surface area contributed by atoms with E-state index in [9.17, 15) is 9.59 Å². The lowest BCUT2D eigenvalue weighted by molar-refractivity contribution is -0.127. The average Bonchev–Trinajstić information content (AvgIpc) is 2.85. The van der Waals surface area contributed by atoms with Crippen molar-refractivity contribution >= 4 is 40.6 Å². The molecular weight excluding hydrogens is 422 g/mol. The van der Waals surface area contributed by atoms with Crippen LogP contribution in [0.3, 0.4) is 0 Å². The van der Waals surface area contributed by atoms with Crippen molar-refractivity contribution in [1.82, 2.24) is 5.32 Å². The van der Waals surface area contributed by atoms with Crippen LogP contribution in [0.4, 0.5) is 17.1 Å². The van der Waals surface area contributed by atoms with Crippen molar-refractivity contribution in [2.75, 3.05) is 29.9 Å². The second-order valence-electron chi connectivity index (χ2n) is 7.63. The van der Waals surface area contributed by atoms with Gasteiger partial charge >= 0.3 is 0 Å². The van der Waals surface area contributed by atoms with Gasteiger partial charge in [0.25, 0.3) is 5.91 Å². The Morgan fingerprint density at radius 2 is 1.53 bits per heavy atom. The molecule has 1 N–H and O–H groups in total. The topological polar surface area (TPSA) is 61.9 Å². The third-order valence-corrected chi connectivity index (χ3v) is 6.83. The summed E-state index contributed by atoms with van der Waals surface area (Å²) in [5.41, 5.74) is 2.91. The highest BCUT2D eigenvalue weighted by Gasteiger charge is 2.33. The standard InChI is InChI=1S/C25H23N3O3S/c1-26-25(30)21-16-28(17-8-2-5-11-20(17)31-21)24(29)14-15-27-18-9-3-6-12-22(18)32-23-13-7-4-10-19(23)27/h2-13,21H,14-16H2,1H3,(H,26,30). The normalized spacial score (nSPS) is 16.3. The molecule has 3 aromatic carbocycles. The van der Waals surface area contributed by atoms with Crippen molar-refractivity contribution in [1.29, 1.82) is 0 Å². The summed E-state index contributed by atoms with van der Waals surface area (Å²) in [5, 5.41) is 2.62. The molecule has 0 saturated carbocycles. The van der Waals surface area contributed by atoms with Gasteiger partial charge in [0, 0.05) is 29.8 Å². The van der Waals surface area contributed by atoms with Crippen LogP contribution in [0, 0.1) is 0 Å². The van der Waals surface area contributed by atoms with E-state index in [0.717, 1.165) is 11.4 Å². The molecule has 2 aliphatic heterocycles. The van der Waals surface area contributed by atoms with Gasteiger partial charge in [0.1, 0.15) is 5.75 Å². The van der Waals surface area contributed by atoms with Crippen molar-refractivity contribution in [3.8, 4) is 5.75 Å². The van der Waals surface area contributed by atoms with Crippen molar-refractivity contribution in [3.05, 3.63) is 72.8 Å². The van der Waals surface area contributed by atoms with E-state index in [4.69, 9.17) is 4.74 Å². The maximum absolute atomic E-state index is 13.4. The van der Waals surface area contributed by atoms with Gasteiger partial charge in [-0.05, 0) is 36.4 Å². The van der Waals surface area contributed by atoms with E-state index < -0.39 is 6.10 Å². The molecule has 5 rings (SSSR count). The molecule has 1 atom stereocenters. The number of rotatable bonds is 4. The number of amides is 2. The highest BCUT2D eigenvalue weighted by atomic mass is 32.2. The Hall–Kier alpha value is -3.45. The molecule has 3 aromatic rings. The Morgan fingerprint density at radius 3 is 2.19 bits per heavy atom. The Kier molecular flexibility index (Phi) is 5.49. The molecule has 0 saturated heterocycles. The zero-order valence-corrected chi connectivity index (χ0v) is 18.5. The predicted molar refractivity (Wildman–Crippen MR) is 126 cm³/mol. The number of benzene rings is 3. The van der Waals surface area contributed by atoms with Crippen LogP contribution in [-0.4, -0.2) is 38.1 Å². The molecule has 2 amide bonds. The number of hydrogen-bond donors (Lipinski definition) is 1. The highest BCUT2D eigenvalue weighted by Crippen LogP contribution is 2.47. The molecule has 162 valence electrons. The van der Waals surface area contributed by atoms with E-state index >= 15 is 0 Å². The predicted octanol–water partition coefficient (Wildman–Crippen LogP) is 4.22. The second-order valence-corrected chi connectivity index (χ2v) is 8.72. The number of nitrogens with zero attached hydrogens (tertiary/aromatic N) is 2. The first kappa shape index (κ1) is 20.5. The molecule has 0 bridgehead atoms. The van der Waals surface area contributed by atoms with Gasteiger partial charge in [-0.15, -0.1) is 0 Å². The number of fused-ring (bicyclic) bond motifs is 3. The van der Waals surface area contributed by atoms with Crippen LogP contribution < -0.4 is 19.9 Å². The van der Waals surface area contributed by atoms with Crippen molar-refractivity contribution in [2.45, 2.75) is 22.3 Å². The van der Waals surface area contributed by atoms with Gasteiger partial charge in [-0.25, -0.2) is 0 Å². The van der Waals surface area contributed by atoms with Crippen LogP contribution in [0.1, 0.15) is 6.42 Å². The molecule has 1 unspecified atom stereocenters. The summed E-state index contributed by atoms with van der Waals surface area (Å²) < 4.78 is 5.83. The van der Waals surface area contributed by atoms with Gasteiger partial charge in [-0.2, -0.15) is 0 Å². The minimum Gasteiger partial charge on any atom is -0.477 e. The molecule has 0 radical (unpaired) electrons. The van der Waals surface area contributed by atoms with Gasteiger partial charge < -0.3 is 19.9 Å². The minimum atomic E-state index is -0.730. The molecular formula is C25H23N3O3S. The van der Waals surface area contributed by atoms with Gasteiger partial charge in [0.05, 0.1) is 23.6 Å². The third kappa shape index (κ3) is 3.69. The van der Waals surface area contributed by atoms with Crippen molar-refractivity contribution in [2.24, 2.45) is 0 Å². The van der Waals surface area contributed by atoms with Crippen LogP contribution in [0.25, 0.3) is 0 Å². The monoisotopic (exact) mass is 445 g/mol. The fourth-order valence-corrected chi connectivity index (χ4v) is 5.23. The molecule has 2 aliphatic rings. The number of likely N-dealkylation sites (N-methyl/N-ethyl adjacent to an activating group) is 1. The first-order valence-electron chi connectivity index (χ1n) is 10.6. The smallest absolute Gasteiger partial charge is 0.262 e. The maximum atomic E-state index is 13.4. The van der Waals surface area contributed by atoms with E-state index in [0.29, 0.717) is 24.4 Å². The third-order valence-electron chi connectivity index (χ3n) is 5.69. The van der Waals surface area contributed by atoms with E-state index in [1.54, 1.807) is 29.8 Å². The Morgan fingerprint density at radius 1 is 0.938 bits per heavy atom. The fraction of sp³-hybridized carbons (Fsp3) is 0.200. The van der Waals surface area contributed by atoms with Gasteiger partial charge in [0.15, 0.2) is 6.10 Å².